The summed E-state index contributed by atoms with van der Waals surface area (Å²) in [5, 5.41) is 4.87. The quantitative estimate of drug-likeness (QED) is 0.666. The van der Waals surface area contributed by atoms with Crippen LogP contribution in [0.2, 0.25) is 0 Å². The van der Waals surface area contributed by atoms with Crippen molar-refractivity contribution in [3.8, 4) is 5.69 Å². The van der Waals surface area contributed by atoms with Crippen molar-refractivity contribution in [2.45, 2.75) is 19.1 Å². The van der Waals surface area contributed by atoms with Gasteiger partial charge in [-0.15, -0.1) is 17.0 Å². The predicted octanol–water partition coefficient (Wildman–Crippen LogP) is 3.85. The number of thioether (sulfide) groups is 1. The molecule has 1 aliphatic heterocycles. The molecule has 1 N–H and O–H groups in total. The van der Waals surface area contributed by atoms with Crippen molar-refractivity contribution >= 4 is 44.8 Å². The van der Waals surface area contributed by atoms with Crippen LogP contribution in [-0.4, -0.2) is 27.8 Å². The first kappa shape index (κ1) is 19.6. The van der Waals surface area contributed by atoms with Crippen LogP contribution < -0.4 is 10.9 Å². The van der Waals surface area contributed by atoms with E-state index in [-0.39, 0.29) is 22.5 Å². The molecule has 0 aliphatic carbocycles. The van der Waals surface area contributed by atoms with Gasteiger partial charge in [-0.05, 0) is 37.1 Å². The van der Waals surface area contributed by atoms with E-state index in [4.69, 9.17) is 4.98 Å². The fraction of sp³-hybridized carbons (Fsp3) is 0.250. The monoisotopic (exact) mass is 444 g/mol. The van der Waals surface area contributed by atoms with Gasteiger partial charge in [0.2, 0.25) is 0 Å². The van der Waals surface area contributed by atoms with Crippen LogP contribution in [-0.2, 0) is 5.75 Å². The molecule has 140 valence electrons. The first-order valence-electron chi connectivity index (χ1n) is 8.72. The maximum atomic E-state index is 13.2. The molecule has 0 atom stereocenters. The van der Waals surface area contributed by atoms with Gasteiger partial charge in [0.1, 0.15) is 5.82 Å². The summed E-state index contributed by atoms with van der Waals surface area (Å²) in [7, 11) is 0. The molecule has 0 bridgehead atoms. The number of fused-ring (bicyclic) bond motifs is 1. The van der Waals surface area contributed by atoms with Gasteiger partial charge < -0.3 is 5.32 Å². The van der Waals surface area contributed by atoms with Crippen LogP contribution in [0, 0.1) is 6.92 Å². The summed E-state index contributed by atoms with van der Waals surface area (Å²) >= 11 is 1.60. The van der Waals surface area contributed by atoms with Crippen molar-refractivity contribution < 1.29 is 0 Å². The van der Waals surface area contributed by atoms with Gasteiger partial charge in [-0.2, -0.15) is 0 Å². The third kappa shape index (κ3) is 4.09. The Morgan fingerprint density at radius 2 is 1.93 bits per heavy atom. The fourth-order valence-electron chi connectivity index (χ4n) is 3.08. The largest absolute Gasteiger partial charge is 0.365 e. The first-order chi connectivity index (χ1) is 12.7. The number of aromatic nitrogens is 2. The molecule has 7 heteroatoms. The Kier molecular flexibility index (Phi) is 6.34. The van der Waals surface area contributed by atoms with Crippen LogP contribution in [0.25, 0.3) is 16.6 Å². The molecule has 1 aliphatic rings. The molecule has 4 rings (SSSR count). The summed E-state index contributed by atoms with van der Waals surface area (Å²) in [6.45, 7) is 3.81. The highest BCUT2D eigenvalue weighted by Crippen LogP contribution is 2.20. The maximum Gasteiger partial charge on any atom is 0.265 e. The highest BCUT2D eigenvalue weighted by molar-refractivity contribution is 8.93. The van der Waals surface area contributed by atoms with E-state index in [1.807, 2.05) is 55.5 Å². The van der Waals surface area contributed by atoms with Crippen molar-refractivity contribution in [3.05, 3.63) is 70.3 Å². The van der Waals surface area contributed by atoms with Gasteiger partial charge in [-0.3, -0.25) is 14.4 Å². The zero-order valence-electron chi connectivity index (χ0n) is 15.0. The standard InChI is InChI=1S/C20H20N4OS.BrH/c1-14-7-2-5-10-17(14)24-18(13-26-20-21-11-6-12-22-20)23-16-9-4-3-8-15(16)19(24)25;/h2-5,7-10H,6,11-13H2,1H3,(H,21,22);1H. The minimum absolute atomic E-state index is 0. The molecule has 0 spiro atoms. The number of rotatable bonds is 3. The minimum atomic E-state index is -0.0287. The predicted molar refractivity (Wildman–Crippen MR) is 119 cm³/mol. The van der Waals surface area contributed by atoms with Gasteiger partial charge in [-0.25, -0.2) is 4.98 Å². The molecule has 0 saturated carbocycles. The Bertz CT molecular complexity index is 1050. The van der Waals surface area contributed by atoms with Gasteiger partial charge >= 0.3 is 0 Å². The van der Waals surface area contributed by atoms with E-state index >= 15 is 0 Å². The average Bonchev–Trinajstić information content (AvgIpc) is 2.68. The zero-order valence-corrected chi connectivity index (χ0v) is 17.5. The molecule has 0 fully saturated rings. The van der Waals surface area contributed by atoms with Gasteiger partial charge in [0.15, 0.2) is 5.17 Å². The summed E-state index contributed by atoms with van der Waals surface area (Å²) < 4.78 is 1.74. The lowest BCUT2D eigenvalue weighted by molar-refractivity contribution is 0.751. The number of halogens is 1. The third-order valence-corrected chi connectivity index (χ3v) is 5.36. The van der Waals surface area contributed by atoms with Crippen LogP contribution in [0.4, 0.5) is 0 Å². The summed E-state index contributed by atoms with van der Waals surface area (Å²) in [5.74, 6) is 1.32. The molecule has 2 aromatic carbocycles. The lowest BCUT2D eigenvalue weighted by Crippen LogP contribution is -2.28. The second-order valence-electron chi connectivity index (χ2n) is 6.23. The Morgan fingerprint density at radius 3 is 2.70 bits per heavy atom. The number of hydrogen-bond donors (Lipinski definition) is 1. The Morgan fingerprint density at radius 1 is 1.15 bits per heavy atom. The van der Waals surface area contributed by atoms with Gasteiger partial charge in [0, 0.05) is 13.1 Å². The molecule has 27 heavy (non-hydrogen) atoms. The number of aryl methyl sites for hydroxylation is 1. The van der Waals surface area contributed by atoms with E-state index in [9.17, 15) is 4.79 Å². The highest BCUT2D eigenvalue weighted by Gasteiger charge is 2.15. The number of nitrogens with one attached hydrogen (secondary N) is 1. The summed E-state index contributed by atoms with van der Waals surface area (Å²) in [6.07, 6.45) is 1.06. The molecule has 0 radical (unpaired) electrons. The molecule has 3 aromatic rings. The van der Waals surface area contributed by atoms with Crippen molar-refractivity contribution in [1.82, 2.24) is 14.9 Å². The fourth-order valence-corrected chi connectivity index (χ4v) is 3.92. The lowest BCUT2D eigenvalue weighted by atomic mass is 10.2. The van der Waals surface area contributed by atoms with Crippen LogP contribution in [0.3, 0.4) is 0 Å². The smallest absolute Gasteiger partial charge is 0.265 e. The molecule has 1 aromatic heterocycles. The molecule has 0 saturated heterocycles. The topological polar surface area (TPSA) is 59.3 Å². The lowest BCUT2D eigenvalue weighted by Gasteiger charge is -2.17. The third-order valence-electron chi connectivity index (χ3n) is 4.41. The van der Waals surface area contributed by atoms with Crippen LogP contribution in [0.1, 0.15) is 17.8 Å². The minimum Gasteiger partial charge on any atom is -0.365 e. The first-order valence-corrected chi connectivity index (χ1v) is 9.70. The number of hydrogen-bond acceptors (Lipinski definition) is 5. The maximum absolute atomic E-state index is 13.2. The molecule has 0 amide bonds. The number of nitrogens with zero attached hydrogens (tertiary/aromatic N) is 3. The molecule has 2 heterocycles. The number of para-hydroxylation sites is 2. The second-order valence-corrected chi connectivity index (χ2v) is 7.19. The SMILES string of the molecule is Br.Cc1ccccc1-n1c(CSC2=NCCCN2)nc2ccccc2c1=O. The summed E-state index contributed by atoms with van der Waals surface area (Å²) in [6, 6.07) is 15.4. The molecular weight excluding hydrogens is 424 g/mol. The number of amidine groups is 1. The van der Waals surface area contributed by atoms with E-state index in [1.54, 1.807) is 16.3 Å². The normalized spacial score (nSPS) is 13.6. The van der Waals surface area contributed by atoms with Crippen molar-refractivity contribution in [1.29, 1.82) is 0 Å². The van der Waals surface area contributed by atoms with Crippen LogP contribution >= 0.6 is 28.7 Å². The van der Waals surface area contributed by atoms with E-state index in [2.05, 4.69) is 10.3 Å². The van der Waals surface area contributed by atoms with E-state index in [0.29, 0.717) is 11.1 Å². The summed E-state index contributed by atoms with van der Waals surface area (Å²) in [4.78, 5) is 22.5. The van der Waals surface area contributed by atoms with Crippen molar-refractivity contribution in [3.63, 3.8) is 0 Å². The Hall–Kier alpha value is -2.12. The second kappa shape index (κ2) is 8.71. The molecular formula is C20H21BrN4OS. The van der Waals surface area contributed by atoms with Gasteiger partial charge in [-0.1, -0.05) is 42.1 Å². The number of benzene rings is 2. The average molecular weight is 445 g/mol. The summed E-state index contributed by atoms with van der Waals surface area (Å²) in [5.41, 5.74) is 2.63. The molecule has 0 unspecified atom stereocenters. The van der Waals surface area contributed by atoms with Gasteiger partial charge in [0.05, 0.1) is 22.3 Å². The van der Waals surface area contributed by atoms with E-state index < -0.39 is 0 Å². The van der Waals surface area contributed by atoms with Crippen LogP contribution in [0.5, 0.6) is 0 Å². The van der Waals surface area contributed by atoms with E-state index in [1.165, 1.54) is 0 Å². The van der Waals surface area contributed by atoms with Crippen molar-refractivity contribution in [2.24, 2.45) is 4.99 Å². The van der Waals surface area contributed by atoms with Gasteiger partial charge in [0.25, 0.3) is 5.56 Å². The highest BCUT2D eigenvalue weighted by atomic mass is 79.9. The zero-order chi connectivity index (χ0) is 17.9. The van der Waals surface area contributed by atoms with Crippen molar-refractivity contribution in [2.75, 3.05) is 13.1 Å². The number of aliphatic imine (C=N–C) groups is 1. The Labute approximate surface area is 172 Å². The van der Waals surface area contributed by atoms with E-state index in [0.717, 1.165) is 47.3 Å². The Balaban J connectivity index is 0.00000210. The molecule has 5 nitrogen and oxygen atoms in total. The van der Waals surface area contributed by atoms with Crippen LogP contribution in [0.15, 0.2) is 58.3 Å².